The van der Waals surface area contributed by atoms with Crippen LogP contribution in [0.3, 0.4) is 0 Å². The second kappa shape index (κ2) is 7.11. The minimum atomic E-state index is -0.749. The number of nitrogens with zero attached hydrogens (tertiary/aromatic N) is 2. The molecule has 150 valence electrons. The molecule has 6 nitrogen and oxygen atoms in total. The molecule has 2 aliphatic rings. The predicted molar refractivity (Wildman–Crippen MR) is 114 cm³/mol. The van der Waals surface area contributed by atoms with E-state index in [-0.39, 0.29) is 17.4 Å². The second-order valence-corrected chi connectivity index (χ2v) is 8.22. The molecule has 2 atom stereocenters. The van der Waals surface area contributed by atoms with Gasteiger partial charge in [-0.05, 0) is 36.2 Å². The van der Waals surface area contributed by atoms with E-state index in [2.05, 4.69) is 4.98 Å². The summed E-state index contributed by atoms with van der Waals surface area (Å²) in [6.45, 7) is 1.98. The van der Waals surface area contributed by atoms with Gasteiger partial charge in [0.1, 0.15) is 17.6 Å². The van der Waals surface area contributed by atoms with Crippen molar-refractivity contribution in [1.82, 2.24) is 4.98 Å². The molecule has 2 aliphatic heterocycles. The van der Waals surface area contributed by atoms with Crippen molar-refractivity contribution in [3.05, 3.63) is 82.4 Å². The molecule has 7 heteroatoms. The van der Waals surface area contributed by atoms with Crippen LogP contribution in [-0.2, 0) is 16.0 Å². The number of ketones is 1. The van der Waals surface area contributed by atoms with Gasteiger partial charge in [0.25, 0.3) is 5.78 Å². The summed E-state index contributed by atoms with van der Waals surface area (Å²) in [6.07, 6.45) is 2.38. The number of thiazole rings is 1. The summed E-state index contributed by atoms with van der Waals surface area (Å²) in [5.74, 6) is -0.828. The Kier molecular flexibility index (Phi) is 4.40. The molecule has 30 heavy (non-hydrogen) atoms. The Morgan fingerprint density at radius 2 is 2.00 bits per heavy atom. The van der Waals surface area contributed by atoms with E-state index in [1.54, 1.807) is 23.7 Å². The molecule has 0 radical (unpaired) electrons. The van der Waals surface area contributed by atoms with Crippen LogP contribution in [0.25, 0.3) is 5.76 Å². The molecule has 1 N–H and O–H groups in total. The molecule has 0 aliphatic carbocycles. The van der Waals surface area contributed by atoms with Crippen LogP contribution < -0.4 is 9.64 Å². The normalized spacial score (nSPS) is 22.2. The number of ether oxygens (including phenoxy) is 1. The lowest BCUT2D eigenvalue weighted by Crippen LogP contribution is -2.29. The number of aliphatic hydroxyl groups is 1. The van der Waals surface area contributed by atoms with Crippen molar-refractivity contribution in [1.29, 1.82) is 0 Å². The van der Waals surface area contributed by atoms with E-state index in [4.69, 9.17) is 4.74 Å². The number of aromatic nitrogens is 1. The van der Waals surface area contributed by atoms with E-state index in [9.17, 15) is 14.7 Å². The minimum absolute atomic E-state index is 0.0633. The lowest BCUT2D eigenvalue weighted by Gasteiger charge is -2.22. The van der Waals surface area contributed by atoms with Crippen molar-refractivity contribution >= 4 is 33.9 Å². The first-order valence-corrected chi connectivity index (χ1v) is 10.5. The molecule has 0 unspecified atom stereocenters. The van der Waals surface area contributed by atoms with Gasteiger partial charge in [-0.25, -0.2) is 4.98 Å². The molecule has 1 saturated heterocycles. The standard InChI is InChI=1S/C23H18N2O4S/c1-13-11-16-12-15(7-8-17(16)29-13)20(26)18-19(14-5-3-2-4-6-14)25(22(28)21(18)27)23-24-9-10-30-23/h2-10,12-13,19,26H,11H2,1H3/t13-,19-/m0/s1. The molecule has 1 amide bonds. The number of carbonyl (C=O) groups is 2. The van der Waals surface area contributed by atoms with Crippen LogP contribution in [0.4, 0.5) is 5.13 Å². The maximum absolute atomic E-state index is 13.0. The third kappa shape index (κ3) is 2.90. The third-order valence-electron chi connectivity index (χ3n) is 5.35. The molecule has 1 fully saturated rings. The molecular weight excluding hydrogens is 400 g/mol. The quantitative estimate of drug-likeness (QED) is 0.394. The molecule has 3 heterocycles. The van der Waals surface area contributed by atoms with Gasteiger partial charge >= 0.3 is 5.91 Å². The van der Waals surface area contributed by atoms with Crippen LogP contribution in [0, 0.1) is 0 Å². The lowest BCUT2D eigenvalue weighted by molar-refractivity contribution is -0.132. The summed E-state index contributed by atoms with van der Waals surface area (Å²) < 4.78 is 5.73. The summed E-state index contributed by atoms with van der Waals surface area (Å²) in [4.78, 5) is 31.6. The van der Waals surface area contributed by atoms with Gasteiger partial charge in [0.15, 0.2) is 5.13 Å². The first-order valence-electron chi connectivity index (χ1n) is 9.60. The van der Waals surface area contributed by atoms with E-state index in [0.29, 0.717) is 10.7 Å². The zero-order valence-corrected chi connectivity index (χ0v) is 16.9. The van der Waals surface area contributed by atoms with Gasteiger partial charge in [-0.3, -0.25) is 14.5 Å². The average molecular weight is 418 g/mol. The zero-order chi connectivity index (χ0) is 20.8. The maximum atomic E-state index is 13.0. The van der Waals surface area contributed by atoms with E-state index >= 15 is 0 Å². The number of Topliss-reactive ketones (excluding diaryl/α,β-unsaturated/α-hetero) is 1. The first-order chi connectivity index (χ1) is 14.5. The second-order valence-electron chi connectivity index (χ2n) is 7.35. The topological polar surface area (TPSA) is 79.7 Å². The highest BCUT2D eigenvalue weighted by Gasteiger charge is 2.48. The average Bonchev–Trinajstić information content (AvgIpc) is 3.46. The summed E-state index contributed by atoms with van der Waals surface area (Å²) in [5.41, 5.74) is 2.25. The highest BCUT2D eigenvalue weighted by Crippen LogP contribution is 2.43. The van der Waals surface area contributed by atoms with E-state index < -0.39 is 17.7 Å². The third-order valence-corrected chi connectivity index (χ3v) is 6.13. The van der Waals surface area contributed by atoms with Crippen molar-refractivity contribution < 1.29 is 19.4 Å². The highest BCUT2D eigenvalue weighted by atomic mass is 32.1. The number of hydrogen-bond acceptors (Lipinski definition) is 6. The molecule has 0 bridgehead atoms. The number of anilines is 1. The molecule has 0 spiro atoms. The lowest BCUT2D eigenvalue weighted by atomic mass is 9.94. The van der Waals surface area contributed by atoms with Gasteiger partial charge in [-0.1, -0.05) is 30.3 Å². The van der Waals surface area contributed by atoms with Crippen molar-refractivity contribution in [2.75, 3.05) is 4.90 Å². The van der Waals surface area contributed by atoms with Crippen molar-refractivity contribution in [2.24, 2.45) is 0 Å². The highest BCUT2D eigenvalue weighted by molar-refractivity contribution is 7.14. The number of rotatable bonds is 3. The smallest absolute Gasteiger partial charge is 0.301 e. The fourth-order valence-corrected chi connectivity index (χ4v) is 4.71. The fourth-order valence-electron chi connectivity index (χ4n) is 4.04. The van der Waals surface area contributed by atoms with Gasteiger partial charge in [0.2, 0.25) is 0 Å². The zero-order valence-electron chi connectivity index (χ0n) is 16.1. The van der Waals surface area contributed by atoms with Gasteiger partial charge in [0, 0.05) is 23.6 Å². The minimum Gasteiger partial charge on any atom is -0.507 e. The van der Waals surface area contributed by atoms with Crippen LogP contribution in [0.5, 0.6) is 5.75 Å². The molecule has 3 aromatic rings. The van der Waals surface area contributed by atoms with Gasteiger partial charge < -0.3 is 9.84 Å². The number of aliphatic hydroxyl groups excluding tert-OH is 1. The monoisotopic (exact) mass is 418 g/mol. The molecule has 1 aromatic heterocycles. The fraction of sp³-hybridized carbons (Fsp3) is 0.174. The predicted octanol–water partition coefficient (Wildman–Crippen LogP) is 4.09. The molecule has 0 saturated carbocycles. The van der Waals surface area contributed by atoms with Crippen LogP contribution in [0.1, 0.15) is 29.7 Å². The first kappa shape index (κ1) is 18.6. The van der Waals surface area contributed by atoms with Crippen molar-refractivity contribution in [3.63, 3.8) is 0 Å². The van der Waals surface area contributed by atoms with Crippen LogP contribution in [0.15, 0.2) is 65.7 Å². The Labute approximate surface area is 177 Å². The maximum Gasteiger partial charge on any atom is 0.301 e. The molecule has 2 aromatic carbocycles. The van der Waals surface area contributed by atoms with Gasteiger partial charge in [-0.2, -0.15) is 0 Å². The summed E-state index contributed by atoms with van der Waals surface area (Å²) in [7, 11) is 0. The van der Waals surface area contributed by atoms with Gasteiger partial charge in [-0.15, -0.1) is 11.3 Å². The molecular formula is C23H18N2O4S. The SMILES string of the molecule is C[C@H]1Cc2cc(C(O)=C3C(=O)C(=O)N(c4nccs4)[C@H]3c3ccccc3)ccc2O1. The Bertz CT molecular complexity index is 1170. The summed E-state index contributed by atoms with van der Waals surface area (Å²) >= 11 is 1.27. The van der Waals surface area contributed by atoms with E-state index in [1.165, 1.54) is 16.2 Å². The summed E-state index contributed by atoms with van der Waals surface area (Å²) in [6, 6.07) is 13.8. The van der Waals surface area contributed by atoms with E-state index in [1.807, 2.05) is 43.3 Å². The van der Waals surface area contributed by atoms with Crippen LogP contribution >= 0.6 is 11.3 Å². The number of hydrogen-bond donors (Lipinski definition) is 1. The number of benzene rings is 2. The largest absolute Gasteiger partial charge is 0.507 e. The Balaban J connectivity index is 1.68. The Morgan fingerprint density at radius 1 is 1.20 bits per heavy atom. The number of fused-ring (bicyclic) bond motifs is 1. The van der Waals surface area contributed by atoms with Crippen molar-refractivity contribution in [3.8, 4) is 5.75 Å². The van der Waals surface area contributed by atoms with Crippen LogP contribution in [-0.4, -0.2) is 27.9 Å². The Morgan fingerprint density at radius 3 is 2.73 bits per heavy atom. The number of carbonyl (C=O) groups excluding carboxylic acids is 2. The molecule has 5 rings (SSSR count). The van der Waals surface area contributed by atoms with Crippen molar-refractivity contribution in [2.45, 2.75) is 25.5 Å². The number of amides is 1. The van der Waals surface area contributed by atoms with Crippen LogP contribution in [0.2, 0.25) is 0 Å². The van der Waals surface area contributed by atoms with E-state index in [0.717, 1.165) is 23.3 Å². The van der Waals surface area contributed by atoms with Gasteiger partial charge in [0.05, 0.1) is 11.6 Å². The summed E-state index contributed by atoms with van der Waals surface area (Å²) in [5, 5.41) is 13.3. The Hall–Kier alpha value is -3.45.